The molecule has 0 spiro atoms. The van der Waals surface area contributed by atoms with Gasteiger partial charge in [0, 0.05) is 25.1 Å². The Labute approximate surface area is 219 Å². The van der Waals surface area contributed by atoms with Gasteiger partial charge in [-0.15, -0.1) is 10.2 Å². The molecule has 4 rings (SSSR count). The van der Waals surface area contributed by atoms with Gasteiger partial charge in [-0.3, -0.25) is 14.5 Å². The minimum Gasteiger partial charge on any atom is -0.494 e. The number of sulfonamides is 1. The van der Waals surface area contributed by atoms with E-state index in [1.165, 1.54) is 34.3 Å². The Bertz CT molecular complexity index is 1540. The van der Waals surface area contributed by atoms with E-state index < -0.39 is 26.7 Å². The van der Waals surface area contributed by atoms with Crippen molar-refractivity contribution in [2.24, 2.45) is 5.14 Å². The standard InChI is InChI=1S/C25H27FN6O5S/c1-15-11-17(13-28-12-15)23-30-31-24(32(23)22-19(35-3)7-6-8-20(22)36-4)25(37-5,16(2)38(27,33)34)21-10-9-18(26)14-29-21/h6-14,16H,1-5H3,(H2,27,33,34). The first-order chi connectivity index (χ1) is 18.1. The fraction of sp³-hybridized carbons (Fsp3) is 0.280. The summed E-state index contributed by atoms with van der Waals surface area (Å²) in [4.78, 5) is 8.44. The normalized spacial score (nSPS) is 14.1. The smallest absolute Gasteiger partial charge is 0.215 e. The van der Waals surface area contributed by atoms with Gasteiger partial charge in [0.15, 0.2) is 17.2 Å². The van der Waals surface area contributed by atoms with E-state index in [1.807, 2.05) is 13.0 Å². The first-order valence-corrected chi connectivity index (χ1v) is 13.0. The van der Waals surface area contributed by atoms with Gasteiger partial charge in [-0.1, -0.05) is 6.07 Å². The van der Waals surface area contributed by atoms with Crippen LogP contribution in [0.3, 0.4) is 0 Å². The minimum absolute atomic E-state index is 0.0139. The summed E-state index contributed by atoms with van der Waals surface area (Å²) in [6, 6.07) is 9.43. The van der Waals surface area contributed by atoms with Gasteiger partial charge >= 0.3 is 0 Å². The number of primary sulfonamides is 1. The molecule has 0 fully saturated rings. The van der Waals surface area contributed by atoms with Crippen LogP contribution in [0.5, 0.6) is 11.5 Å². The number of aryl methyl sites for hydroxylation is 1. The molecule has 4 aromatic rings. The number of ether oxygens (including phenoxy) is 3. The van der Waals surface area contributed by atoms with Crippen LogP contribution in [0.4, 0.5) is 4.39 Å². The molecule has 38 heavy (non-hydrogen) atoms. The number of hydrogen-bond donors (Lipinski definition) is 1. The lowest BCUT2D eigenvalue weighted by Crippen LogP contribution is -2.50. The predicted molar refractivity (Wildman–Crippen MR) is 137 cm³/mol. The van der Waals surface area contributed by atoms with E-state index in [9.17, 15) is 12.8 Å². The van der Waals surface area contributed by atoms with Crippen molar-refractivity contribution >= 4 is 10.0 Å². The highest BCUT2D eigenvalue weighted by molar-refractivity contribution is 7.89. The first kappa shape index (κ1) is 27.1. The van der Waals surface area contributed by atoms with Crippen molar-refractivity contribution in [3.63, 3.8) is 0 Å². The molecule has 0 aliphatic heterocycles. The van der Waals surface area contributed by atoms with Crippen molar-refractivity contribution in [3.05, 3.63) is 77.9 Å². The number of rotatable bonds is 9. The highest BCUT2D eigenvalue weighted by Crippen LogP contribution is 2.43. The van der Waals surface area contributed by atoms with Crippen molar-refractivity contribution in [2.75, 3.05) is 21.3 Å². The molecule has 1 aromatic carbocycles. The molecular weight excluding hydrogens is 515 g/mol. The van der Waals surface area contributed by atoms with Crippen LogP contribution < -0.4 is 14.6 Å². The summed E-state index contributed by atoms with van der Waals surface area (Å²) in [6.45, 7) is 3.23. The second-order valence-electron chi connectivity index (χ2n) is 8.48. The zero-order chi connectivity index (χ0) is 27.7. The van der Waals surface area contributed by atoms with Gasteiger partial charge in [0.1, 0.15) is 28.3 Å². The number of pyridine rings is 2. The van der Waals surface area contributed by atoms with E-state index in [2.05, 4.69) is 20.2 Å². The molecule has 0 aliphatic rings. The average Bonchev–Trinajstić information content (AvgIpc) is 3.34. The summed E-state index contributed by atoms with van der Waals surface area (Å²) in [5, 5.41) is 13.0. The van der Waals surface area contributed by atoms with Crippen LogP contribution in [0.15, 0.2) is 55.0 Å². The quantitative estimate of drug-likeness (QED) is 0.337. The number of nitrogens with zero attached hydrogens (tertiary/aromatic N) is 5. The molecule has 0 saturated carbocycles. The van der Waals surface area contributed by atoms with Gasteiger partial charge in [0.25, 0.3) is 0 Å². The number of aromatic nitrogens is 5. The molecule has 0 radical (unpaired) electrons. The summed E-state index contributed by atoms with van der Waals surface area (Å²) >= 11 is 0. The largest absolute Gasteiger partial charge is 0.494 e. The van der Waals surface area contributed by atoms with Gasteiger partial charge in [0.2, 0.25) is 10.0 Å². The minimum atomic E-state index is -4.29. The second-order valence-corrected chi connectivity index (χ2v) is 10.4. The maximum atomic E-state index is 13.9. The third kappa shape index (κ3) is 4.59. The molecule has 200 valence electrons. The zero-order valence-corrected chi connectivity index (χ0v) is 22.2. The molecule has 3 heterocycles. The Hall–Kier alpha value is -3.94. The molecule has 2 atom stereocenters. The maximum Gasteiger partial charge on any atom is 0.215 e. The Morgan fingerprint density at radius 3 is 2.24 bits per heavy atom. The molecule has 0 amide bonds. The fourth-order valence-corrected chi connectivity index (χ4v) is 5.13. The molecular formula is C25H27FN6O5S. The molecule has 0 aliphatic carbocycles. The van der Waals surface area contributed by atoms with E-state index >= 15 is 0 Å². The molecule has 0 bridgehead atoms. The molecule has 0 saturated heterocycles. The third-order valence-electron chi connectivity index (χ3n) is 6.25. The Morgan fingerprint density at radius 1 is 1.03 bits per heavy atom. The van der Waals surface area contributed by atoms with Crippen LogP contribution in [-0.2, 0) is 20.4 Å². The molecule has 2 unspecified atom stereocenters. The number of para-hydroxylation sites is 1. The lowest BCUT2D eigenvalue weighted by molar-refractivity contribution is 0.00879. The molecule has 3 aromatic heterocycles. The number of methoxy groups -OCH3 is 3. The first-order valence-electron chi connectivity index (χ1n) is 11.4. The summed E-state index contributed by atoms with van der Waals surface area (Å²) in [6.07, 6.45) is 4.22. The number of hydrogen-bond acceptors (Lipinski definition) is 9. The van der Waals surface area contributed by atoms with Gasteiger partial charge < -0.3 is 14.2 Å². The maximum absolute atomic E-state index is 13.9. The van der Waals surface area contributed by atoms with Gasteiger partial charge in [-0.25, -0.2) is 17.9 Å². The van der Waals surface area contributed by atoms with Crippen molar-refractivity contribution in [1.29, 1.82) is 0 Å². The van der Waals surface area contributed by atoms with Gasteiger partial charge in [0.05, 0.1) is 26.1 Å². The summed E-state index contributed by atoms with van der Waals surface area (Å²) in [5.41, 5.74) is -0.132. The summed E-state index contributed by atoms with van der Waals surface area (Å²) in [5.74, 6) is 0.380. The molecule has 13 heteroatoms. The van der Waals surface area contributed by atoms with Crippen molar-refractivity contribution in [3.8, 4) is 28.6 Å². The van der Waals surface area contributed by atoms with Crippen molar-refractivity contribution in [2.45, 2.75) is 24.7 Å². The number of benzene rings is 1. The van der Waals surface area contributed by atoms with E-state index in [1.54, 1.807) is 35.2 Å². The fourth-order valence-electron chi connectivity index (χ4n) is 4.35. The van der Waals surface area contributed by atoms with E-state index in [-0.39, 0.29) is 17.3 Å². The van der Waals surface area contributed by atoms with Crippen molar-refractivity contribution < 1.29 is 27.0 Å². The topological polar surface area (TPSA) is 144 Å². The summed E-state index contributed by atoms with van der Waals surface area (Å²) in [7, 11) is -0.0345. The van der Waals surface area contributed by atoms with Crippen LogP contribution in [0.2, 0.25) is 0 Å². The van der Waals surface area contributed by atoms with Gasteiger partial charge in [-0.2, -0.15) is 0 Å². The monoisotopic (exact) mass is 542 g/mol. The van der Waals surface area contributed by atoms with Crippen molar-refractivity contribution in [1.82, 2.24) is 24.7 Å². The summed E-state index contributed by atoms with van der Waals surface area (Å²) < 4.78 is 58.4. The average molecular weight is 543 g/mol. The van der Waals surface area contributed by atoms with E-state index in [4.69, 9.17) is 19.3 Å². The van der Waals surface area contributed by atoms with Crippen LogP contribution >= 0.6 is 0 Å². The van der Waals surface area contributed by atoms with E-state index in [0.717, 1.165) is 17.8 Å². The van der Waals surface area contributed by atoms with Crippen LogP contribution in [-0.4, -0.2) is 59.7 Å². The van der Waals surface area contributed by atoms with Crippen LogP contribution in [0.1, 0.15) is 24.0 Å². The molecule has 2 N–H and O–H groups in total. The third-order valence-corrected chi connectivity index (χ3v) is 7.57. The Morgan fingerprint density at radius 2 is 1.71 bits per heavy atom. The highest BCUT2D eigenvalue weighted by Gasteiger charge is 2.52. The Kier molecular flexibility index (Phi) is 7.44. The zero-order valence-electron chi connectivity index (χ0n) is 21.4. The lowest BCUT2D eigenvalue weighted by atomic mass is 9.93. The Balaban J connectivity index is 2.21. The predicted octanol–water partition coefficient (Wildman–Crippen LogP) is 2.76. The highest BCUT2D eigenvalue weighted by atomic mass is 32.2. The lowest BCUT2D eigenvalue weighted by Gasteiger charge is -2.35. The van der Waals surface area contributed by atoms with Crippen LogP contribution in [0.25, 0.3) is 17.1 Å². The van der Waals surface area contributed by atoms with Gasteiger partial charge in [-0.05, 0) is 49.7 Å². The number of halogens is 1. The molecule has 11 nitrogen and oxygen atoms in total. The number of nitrogens with two attached hydrogens (primary N) is 1. The second kappa shape index (κ2) is 10.4. The SMILES string of the molecule is COc1cccc(OC)c1-n1c(-c2cncc(C)c2)nnc1C(OC)(c1ccc(F)cn1)C(C)S(N)(=O)=O. The van der Waals surface area contributed by atoms with E-state index in [0.29, 0.717) is 22.7 Å². The van der Waals surface area contributed by atoms with Crippen LogP contribution in [0, 0.1) is 12.7 Å².